The van der Waals surface area contributed by atoms with Crippen molar-refractivity contribution in [3.8, 4) is 5.75 Å². The number of halogens is 4. The largest absolute Gasteiger partial charge is 0.490 e. The van der Waals surface area contributed by atoms with Gasteiger partial charge in [0.05, 0.1) is 18.6 Å². The van der Waals surface area contributed by atoms with Crippen LogP contribution in [0, 0.1) is 22.6 Å². The molecular weight excluding hydrogens is 564 g/mol. The smallest absolute Gasteiger partial charge is 0.330 e. The molecule has 6 nitrogen and oxygen atoms in total. The second-order valence-corrected chi connectivity index (χ2v) is 13.6. The number of rotatable bonds is 11. The molecular formula is C33H40F4N2O4. The molecule has 1 amide bonds. The summed E-state index contributed by atoms with van der Waals surface area (Å²) in [6.45, 7) is 6.05. The highest BCUT2D eigenvalue weighted by atomic mass is 19.3. The van der Waals surface area contributed by atoms with E-state index in [0.717, 1.165) is 0 Å². The Labute approximate surface area is 250 Å². The van der Waals surface area contributed by atoms with Crippen molar-refractivity contribution in [2.24, 2.45) is 16.7 Å². The lowest BCUT2D eigenvalue weighted by Gasteiger charge is -2.43. The molecule has 0 aromatic heterocycles. The lowest BCUT2D eigenvalue weighted by Crippen LogP contribution is -2.52. The first-order valence-electron chi connectivity index (χ1n) is 15.0. The summed E-state index contributed by atoms with van der Waals surface area (Å²) >= 11 is 0. The van der Waals surface area contributed by atoms with Gasteiger partial charge >= 0.3 is 17.8 Å². The lowest BCUT2D eigenvalue weighted by atomic mass is 9.78. The minimum absolute atomic E-state index is 0.0306. The summed E-state index contributed by atoms with van der Waals surface area (Å²) in [6, 6.07) is 14.5. The summed E-state index contributed by atoms with van der Waals surface area (Å²) in [6.07, 6.45) is 2.15. The number of hydrogen-bond acceptors (Lipinski definition) is 5. The summed E-state index contributed by atoms with van der Waals surface area (Å²) in [5.41, 5.74) is -1.52. The normalized spacial score (nSPS) is 22.9. The number of piperidine rings is 1. The molecule has 3 aliphatic rings. The zero-order valence-corrected chi connectivity index (χ0v) is 25.0. The molecule has 0 radical (unpaired) electrons. The Morgan fingerprint density at radius 3 is 2.21 bits per heavy atom. The van der Waals surface area contributed by atoms with Gasteiger partial charge in [-0.1, -0.05) is 46.9 Å². The Balaban J connectivity index is 1.26. The van der Waals surface area contributed by atoms with E-state index < -0.39 is 52.5 Å². The number of amides is 1. The third-order valence-electron chi connectivity index (χ3n) is 8.96. The van der Waals surface area contributed by atoms with Crippen LogP contribution in [-0.4, -0.2) is 66.2 Å². The van der Waals surface area contributed by atoms with E-state index in [9.17, 15) is 14.0 Å². The van der Waals surface area contributed by atoms with Crippen LogP contribution in [0.5, 0.6) is 5.75 Å². The van der Waals surface area contributed by atoms with E-state index in [4.69, 9.17) is 9.47 Å². The number of para-hydroxylation sites is 1. The quantitative estimate of drug-likeness (QED) is 0.165. The summed E-state index contributed by atoms with van der Waals surface area (Å²) in [7, 11) is 0. The molecule has 234 valence electrons. The number of alkyl halides is 2. The Hall–Kier alpha value is -3.14. The number of benzene rings is 2. The van der Waals surface area contributed by atoms with Crippen LogP contribution in [0.25, 0.3) is 0 Å². The van der Waals surface area contributed by atoms with E-state index in [-0.39, 0.29) is 29.9 Å². The van der Waals surface area contributed by atoms with E-state index in [1.54, 1.807) is 36.4 Å². The standard InChI is InChI=1S/C33H40F4N2O4/c1-30(2,3)43-29(41)32(13-14-32)21-38-17-15-31(16-18-38,22-42-27-12-8-7-11-26(27)34)20-39(37)28(40)33(35,36)25-19-24(25)23-9-5-4-6-10-23/h4-12,24-25H,13-22H2,1-3H3/t24-,25-/m1/s1. The second kappa shape index (κ2) is 11.7. The fraction of sp³-hybridized carbons (Fsp3) is 0.576. The van der Waals surface area contributed by atoms with Crippen molar-refractivity contribution in [3.05, 3.63) is 66.0 Å². The second-order valence-electron chi connectivity index (χ2n) is 13.6. The van der Waals surface area contributed by atoms with Gasteiger partial charge in [0, 0.05) is 17.9 Å². The van der Waals surface area contributed by atoms with Crippen LogP contribution in [0.1, 0.15) is 64.4 Å². The van der Waals surface area contributed by atoms with Crippen LogP contribution < -0.4 is 4.74 Å². The molecule has 1 heterocycles. The van der Waals surface area contributed by atoms with Crippen molar-refractivity contribution in [3.63, 3.8) is 0 Å². The molecule has 2 atom stereocenters. The highest BCUT2D eigenvalue weighted by Crippen LogP contribution is 2.56. The zero-order chi connectivity index (χ0) is 31.0. The SMILES string of the molecule is CC(C)(C)OC(=O)C1(CN2CCC(COc3ccccc3F)(CN(F)C(=O)C(F)(F)[C@@H]3C[C@@H]3c3ccccc3)CC2)CC1. The maximum absolute atomic E-state index is 15.5. The summed E-state index contributed by atoms with van der Waals surface area (Å²) in [4.78, 5) is 27.8. The van der Waals surface area contributed by atoms with Crippen LogP contribution in [0.2, 0.25) is 0 Å². The van der Waals surface area contributed by atoms with Crippen molar-refractivity contribution >= 4 is 11.9 Å². The van der Waals surface area contributed by atoms with Crippen LogP contribution >= 0.6 is 0 Å². The number of likely N-dealkylation sites (tertiary alicyclic amines) is 1. The van der Waals surface area contributed by atoms with Gasteiger partial charge in [0.1, 0.15) is 5.60 Å². The van der Waals surface area contributed by atoms with Crippen molar-refractivity contribution < 1.29 is 36.7 Å². The van der Waals surface area contributed by atoms with Crippen LogP contribution in [0.4, 0.5) is 17.7 Å². The van der Waals surface area contributed by atoms with Gasteiger partial charge in [-0.25, -0.2) is 4.39 Å². The maximum Gasteiger partial charge on any atom is 0.330 e. The maximum atomic E-state index is 15.5. The fourth-order valence-corrected chi connectivity index (χ4v) is 6.07. The third kappa shape index (κ3) is 7.16. The highest BCUT2D eigenvalue weighted by molar-refractivity contribution is 5.83. The molecule has 0 N–H and O–H groups in total. The predicted molar refractivity (Wildman–Crippen MR) is 153 cm³/mol. The molecule has 3 fully saturated rings. The van der Waals surface area contributed by atoms with Crippen molar-refractivity contribution in [1.29, 1.82) is 0 Å². The van der Waals surface area contributed by atoms with Gasteiger partial charge in [-0.3, -0.25) is 9.59 Å². The van der Waals surface area contributed by atoms with E-state index in [1.165, 1.54) is 18.2 Å². The van der Waals surface area contributed by atoms with E-state index >= 15 is 13.3 Å². The first-order valence-corrected chi connectivity index (χ1v) is 15.0. The molecule has 0 spiro atoms. The predicted octanol–water partition coefficient (Wildman–Crippen LogP) is 6.56. The van der Waals surface area contributed by atoms with E-state index in [0.29, 0.717) is 50.9 Å². The lowest BCUT2D eigenvalue weighted by molar-refractivity contribution is -0.182. The molecule has 2 saturated carbocycles. The van der Waals surface area contributed by atoms with E-state index in [1.807, 2.05) is 20.8 Å². The Morgan fingerprint density at radius 1 is 0.977 bits per heavy atom. The Bertz CT molecular complexity index is 1300. The van der Waals surface area contributed by atoms with Gasteiger partial charge in [-0.15, -0.1) is 0 Å². The number of carbonyl (C=O) groups excluding carboxylic acids is 2. The number of esters is 1. The van der Waals surface area contributed by atoms with Gasteiger partial charge < -0.3 is 14.4 Å². The molecule has 2 aromatic rings. The minimum Gasteiger partial charge on any atom is -0.490 e. The third-order valence-corrected chi connectivity index (χ3v) is 8.96. The molecule has 43 heavy (non-hydrogen) atoms. The molecule has 5 rings (SSSR count). The molecule has 1 saturated heterocycles. The molecule has 1 aliphatic heterocycles. The van der Waals surface area contributed by atoms with Crippen LogP contribution in [-0.2, 0) is 14.3 Å². The van der Waals surface area contributed by atoms with Gasteiger partial charge in [0.25, 0.3) is 0 Å². The van der Waals surface area contributed by atoms with Gasteiger partial charge in [0.2, 0.25) is 0 Å². The zero-order valence-electron chi connectivity index (χ0n) is 25.0. The first kappa shape index (κ1) is 31.3. The number of carbonyl (C=O) groups is 2. The summed E-state index contributed by atoms with van der Waals surface area (Å²) in [5, 5.41) is -0.357. The fourth-order valence-electron chi connectivity index (χ4n) is 6.07. The number of nitrogens with zero attached hydrogens (tertiary/aromatic N) is 2. The topological polar surface area (TPSA) is 59.1 Å². The molecule has 0 bridgehead atoms. The van der Waals surface area contributed by atoms with Crippen LogP contribution in [0.15, 0.2) is 54.6 Å². The summed E-state index contributed by atoms with van der Waals surface area (Å²) < 4.78 is 71.7. The van der Waals surface area contributed by atoms with Crippen molar-refractivity contribution in [1.82, 2.24) is 10.0 Å². The van der Waals surface area contributed by atoms with Crippen LogP contribution in [0.3, 0.4) is 0 Å². The molecule has 2 aromatic carbocycles. The van der Waals surface area contributed by atoms with Gasteiger partial charge in [-0.2, -0.15) is 13.9 Å². The first-order chi connectivity index (χ1) is 20.2. The van der Waals surface area contributed by atoms with Gasteiger partial charge in [0.15, 0.2) is 11.6 Å². The van der Waals surface area contributed by atoms with Gasteiger partial charge in [-0.05, 0) is 89.6 Å². The van der Waals surface area contributed by atoms with Crippen molar-refractivity contribution in [2.45, 2.75) is 70.3 Å². The molecule has 2 aliphatic carbocycles. The average molecular weight is 605 g/mol. The average Bonchev–Trinajstić information content (AvgIpc) is 3.89. The molecule has 10 heteroatoms. The summed E-state index contributed by atoms with van der Waals surface area (Å²) in [5.74, 6) is -8.36. The minimum atomic E-state index is -3.87. The molecule has 0 unspecified atom stereocenters. The van der Waals surface area contributed by atoms with Crippen molar-refractivity contribution in [2.75, 3.05) is 32.8 Å². The Kier molecular flexibility index (Phi) is 8.55. The monoisotopic (exact) mass is 604 g/mol. The Morgan fingerprint density at radius 2 is 1.60 bits per heavy atom. The van der Waals surface area contributed by atoms with E-state index in [2.05, 4.69) is 4.90 Å². The number of ether oxygens (including phenoxy) is 2. The highest BCUT2D eigenvalue weighted by Gasteiger charge is 2.61. The number of hydrogen-bond donors (Lipinski definition) is 0.